The zero-order valence-corrected chi connectivity index (χ0v) is 25.7. The van der Waals surface area contributed by atoms with Gasteiger partial charge in [0.25, 0.3) is 0 Å². The van der Waals surface area contributed by atoms with Gasteiger partial charge >= 0.3 is 12.1 Å². The number of ether oxygens (including phenoxy) is 2. The molecule has 10 heteroatoms. The number of benzene rings is 1. The Hall–Kier alpha value is -3.09. The highest BCUT2D eigenvalue weighted by atomic mass is 35.5. The number of hydrogen-bond donors (Lipinski definition) is 1. The first-order chi connectivity index (χ1) is 20.2. The van der Waals surface area contributed by atoms with Crippen LogP contribution in [0, 0.1) is 11.3 Å². The van der Waals surface area contributed by atoms with E-state index in [0.29, 0.717) is 38.3 Å². The van der Waals surface area contributed by atoms with Crippen LogP contribution in [0.2, 0.25) is 5.02 Å². The fourth-order valence-corrected chi connectivity index (χ4v) is 7.48. The van der Waals surface area contributed by atoms with Crippen LogP contribution in [0.15, 0.2) is 18.2 Å². The summed E-state index contributed by atoms with van der Waals surface area (Å²) in [4.78, 5) is 27.0. The molecule has 224 valence electrons. The number of amides is 1. The van der Waals surface area contributed by atoms with Gasteiger partial charge in [-0.1, -0.05) is 23.7 Å². The fourth-order valence-electron chi connectivity index (χ4n) is 7.21. The van der Waals surface area contributed by atoms with Crippen LogP contribution in [0.1, 0.15) is 75.3 Å². The lowest BCUT2D eigenvalue weighted by Gasteiger charge is -2.43. The van der Waals surface area contributed by atoms with E-state index in [1.807, 2.05) is 26.8 Å². The van der Waals surface area contributed by atoms with Gasteiger partial charge in [0, 0.05) is 41.7 Å². The molecule has 0 radical (unpaired) electrons. The Balaban J connectivity index is 1.31. The second-order valence-corrected chi connectivity index (χ2v) is 13.6. The number of piperazine rings is 1. The minimum absolute atomic E-state index is 0.0158. The first kappa shape index (κ1) is 29.0. The Morgan fingerprint density at radius 3 is 2.76 bits per heavy atom. The molecule has 2 aliphatic heterocycles. The number of anilines is 1. The summed E-state index contributed by atoms with van der Waals surface area (Å²) in [6, 6.07) is 9.00. The SMILES string of the molecule is CC(C)(C)OC(=O)N1CCN(c2nc(OC[C@@H]3CCCN3)nc3c2CC[C@@]2(CCc4c(Cl)cccc42)C3)C[C@@H]1CC#N. The molecular weight excluding hydrogens is 552 g/mol. The van der Waals surface area contributed by atoms with Gasteiger partial charge in [-0.05, 0) is 89.5 Å². The molecule has 1 spiro atoms. The molecule has 2 aliphatic carbocycles. The molecule has 0 bridgehead atoms. The summed E-state index contributed by atoms with van der Waals surface area (Å²) >= 11 is 6.62. The Bertz CT molecular complexity index is 1380. The van der Waals surface area contributed by atoms with Crippen LogP contribution in [-0.4, -0.2) is 71.4 Å². The molecule has 2 saturated heterocycles. The number of carbonyl (C=O) groups excluding carboxylic acids is 1. The predicted molar refractivity (Wildman–Crippen MR) is 161 cm³/mol. The van der Waals surface area contributed by atoms with Crippen LogP contribution in [0.25, 0.3) is 0 Å². The van der Waals surface area contributed by atoms with Crippen molar-refractivity contribution in [2.24, 2.45) is 0 Å². The van der Waals surface area contributed by atoms with Gasteiger partial charge in [0.2, 0.25) is 0 Å². The van der Waals surface area contributed by atoms with Gasteiger partial charge in [-0.2, -0.15) is 15.2 Å². The number of aromatic nitrogens is 2. The first-order valence-electron chi connectivity index (χ1n) is 15.3. The quantitative estimate of drug-likeness (QED) is 0.519. The van der Waals surface area contributed by atoms with E-state index in [2.05, 4.69) is 28.4 Å². The number of fused-ring (bicyclic) bond motifs is 3. The summed E-state index contributed by atoms with van der Waals surface area (Å²) in [7, 11) is 0. The van der Waals surface area contributed by atoms with Crippen LogP contribution >= 0.6 is 11.6 Å². The van der Waals surface area contributed by atoms with Crippen molar-refractivity contribution in [2.75, 3.05) is 37.7 Å². The Morgan fingerprint density at radius 2 is 2.02 bits per heavy atom. The molecule has 2 fully saturated rings. The van der Waals surface area contributed by atoms with Crippen LogP contribution in [-0.2, 0) is 29.4 Å². The number of nitrogens with one attached hydrogen (secondary N) is 1. The van der Waals surface area contributed by atoms with E-state index in [9.17, 15) is 10.1 Å². The summed E-state index contributed by atoms with van der Waals surface area (Å²) < 4.78 is 11.9. The smallest absolute Gasteiger partial charge is 0.410 e. The zero-order chi connectivity index (χ0) is 29.5. The molecule has 1 aromatic carbocycles. The average molecular weight is 593 g/mol. The first-order valence-corrected chi connectivity index (χ1v) is 15.7. The normalized spacial score (nSPS) is 25.2. The largest absolute Gasteiger partial charge is 0.462 e. The van der Waals surface area contributed by atoms with Gasteiger partial charge in [-0.15, -0.1) is 0 Å². The monoisotopic (exact) mass is 592 g/mol. The molecular formula is C32H41ClN6O3. The third-order valence-electron chi connectivity index (χ3n) is 9.27. The maximum Gasteiger partial charge on any atom is 0.410 e. The van der Waals surface area contributed by atoms with E-state index in [4.69, 9.17) is 31.0 Å². The number of carbonyl (C=O) groups is 1. The van der Waals surface area contributed by atoms with Crippen LogP contribution < -0.4 is 15.0 Å². The highest BCUT2D eigenvalue weighted by Gasteiger charge is 2.44. The van der Waals surface area contributed by atoms with Gasteiger partial charge in [0.05, 0.1) is 24.2 Å². The third-order valence-corrected chi connectivity index (χ3v) is 9.62. The van der Waals surface area contributed by atoms with Gasteiger partial charge < -0.3 is 24.6 Å². The molecule has 3 atom stereocenters. The van der Waals surface area contributed by atoms with E-state index in [1.165, 1.54) is 11.1 Å². The molecule has 9 nitrogen and oxygen atoms in total. The average Bonchev–Trinajstić information content (AvgIpc) is 3.60. The molecule has 3 heterocycles. The molecule has 4 aliphatic rings. The highest BCUT2D eigenvalue weighted by Crippen LogP contribution is 2.50. The molecule has 2 aromatic rings. The number of hydrogen-bond acceptors (Lipinski definition) is 8. The molecule has 6 rings (SSSR count). The Morgan fingerprint density at radius 1 is 1.21 bits per heavy atom. The lowest BCUT2D eigenvalue weighted by molar-refractivity contribution is 0.0144. The van der Waals surface area contributed by atoms with E-state index in [-0.39, 0.29) is 24.0 Å². The van der Waals surface area contributed by atoms with Crippen molar-refractivity contribution in [2.45, 2.75) is 95.2 Å². The van der Waals surface area contributed by atoms with E-state index in [0.717, 1.165) is 73.6 Å². The number of halogens is 1. The predicted octanol–water partition coefficient (Wildman–Crippen LogP) is 4.97. The van der Waals surface area contributed by atoms with Gasteiger partial charge in [-0.25, -0.2) is 4.79 Å². The van der Waals surface area contributed by atoms with Crippen molar-refractivity contribution in [3.63, 3.8) is 0 Å². The number of nitriles is 1. The summed E-state index contributed by atoms with van der Waals surface area (Å²) in [5, 5.41) is 14.0. The second kappa shape index (κ2) is 11.5. The maximum absolute atomic E-state index is 13.0. The standard InChI is InChI=1S/C32H41ClN6O3/c1-31(2,3)42-30(40)39-17-16-38(19-22(39)11-14-34)28-24-10-13-32(12-9-23-25(32)7-4-8-26(23)33)18-27(24)36-29(37-28)41-20-21-6-5-15-35-21/h4,7-8,21-22,35H,5-6,9-13,15-20H2,1-3H3/t21-,22-,32-/m0/s1. The Kier molecular flexibility index (Phi) is 7.97. The van der Waals surface area contributed by atoms with Crippen molar-refractivity contribution in [1.82, 2.24) is 20.2 Å². The fraction of sp³-hybridized carbons (Fsp3) is 0.625. The molecule has 1 amide bonds. The van der Waals surface area contributed by atoms with Gasteiger partial charge in [0.1, 0.15) is 18.0 Å². The Labute approximate surface area is 253 Å². The number of rotatable bonds is 5. The molecule has 42 heavy (non-hydrogen) atoms. The van der Waals surface area contributed by atoms with E-state index in [1.54, 1.807) is 4.90 Å². The maximum atomic E-state index is 13.0. The summed E-state index contributed by atoms with van der Waals surface area (Å²) in [6.07, 6.45) is 6.82. The minimum atomic E-state index is -0.601. The van der Waals surface area contributed by atoms with Crippen LogP contribution in [0.3, 0.4) is 0 Å². The minimum Gasteiger partial charge on any atom is -0.462 e. The van der Waals surface area contributed by atoms with Crippen molar-refractivity contribution in [1.29, 1.82) is 5.26 Å². The van der Waals surface area contributed by atoms with Gasteiger partial charge in [0.15, 0.2) is 0 Å². The second-order valence-electron chi connectivity index (χ2n) is 13.2. The summed E-state index contributed by atoms with van der Waals surface area (Å²) in [5.74, 6) is 0.875. The topological polar surface area (TPSA) is 104 Å². The van der Waals surface area contributed by atoms with Crippen LogP contribution in [0.4, 0.5) is 10.6 Å². The zero-order valence-electron chi connectivity index (χ0n) is 24.9. The van der Waals surface area contributed by atoms with Crippen molar-refractivity contribution >= 4 is 23.5 Å². The van der Waals surface area contributed by atoms with Crippen molar-refractivity contribution in [3.8, 4) is 12.1 Å². The lowest BCUT2D eigenvalue weighted by atomic mass is 9.69. The molecule has 0 saturated carbocycles. The highest BCUT2D eigenvalue weighted by molar-refractivity contribution is 6.31. The summed E-state index contributed by atoms with van der Waals surface area (Å²) in [6.45, 7) is 8.68. The van der Waals surface area contributed by atoms with Crippen LogP contribution in [0.5, 0.6) is 6.01 Å². The molecule has 1 aromatic heterocycles. The van der Waals surface area contributed by atoms with Crippen molar-refractivity contribution in [3.05, 3.63) is 45.6 Å². The van der Waals surface area contributed by atoms with E-state index >= 15 is 0 Å². The third kappa shape index (κ3) is 5.76. The lowest BCUT2D eigenvalue weighted by Crippen LogP contribution is -2.56. The molecule has 1 N–H and O–H groups in total. The van der Waals surface area contributed by atoms with Crippen molar-refractivity contribution < 1.29 is 14.3 Å². The van der Waals surface area contributed by atoms with Gasteiger partial charge in [-0.3, -0.25) is 0 Å². The molecule has 0 unspecified atom stereocenters. The summed E-state index contributed by atoms with van der Waals surface area (Å²) in [5.41, 5.74) is 4.25. The number of nitrogens with zero attached hydrogens (tertiary/aromatic N) is 5. The van der Waals surface area contributed by atoms with E-state index < -0.39 is 5.60 Å².